The lowest BCUT2D eigenvalue weighted by Gasteiger charge is -2.21. The van der Waals surface area contributed by atoms with E-state index in [0.29, 0.717) is 0 Å². The molecule has 2 aliphatic rings. The number of fused-ring (bicyclic) bond motifs is 1. The Balaban J connectivity index is 1.72. The van der Waals surface area contributed by atoms with Gasteiger partial charge in [-0.05, 0) is 31.0 Å². The zero-order valence-electron chi connectivity index (χ0n) is 10.5. The van der Waals surface area contributed by atoms with Crippen molar-refractivity contribution >= 4 is 11.4 Å². The Kier molecular flexibility index (Phi) is 2.70. The Morgan fingerprint density at radius 3 is 2.17 bits per heavy atom. The number of nitrogens with zero attached hydrogens (tertiary/aromatic N) is 3. The van der Waals surface area contributed by atoms with Crippen molar-refractivity contribution in [2.75, 3.05) is 38.1 Å². The summed E-state index contributed by atoms with van der Waals surface area (Å²) in [4.78, 5) is 15.0. The summed E-state index contributed by atoms with van der Waals surface area (Å²) in [6.07, 6.45) is 0. The van der Waals surface area contributed by atoms with Crippen molar-refractivity contribution in [1.29, 1.82) is 0 Å². The molecule has 0 radical (unpaired) electrons. The van der Waals surface area contributed by atoms with E-state index < -0.39 is 0 Å². The van der Waals surface area contributed by atoms with E-state index in [1.165, 1.54) is 13.1 Å². The van der Waals surface area contributed by atoms with E-state index in [0.717, 1.165) is 30.6 Å². The van der Waals surface area contributed by atoms with Crippen LogP contribution in [-0.4, -0.2) is 43.0 Å². The Morgan fingerprint density at radius 1 is 1.11 bits per heavy atom. The minimum Gasteiger partial charge on any atom is -0.371 e. The van der Waals surface area contributed by atoms with E-state index in [-0.39, 0.29) is 10.6 Å². The second-order valence-corrected chi connectivity index (χ2v) is 5.42. The molecule has 2 aliphatic heterocycles. The van der Waals surface area contributed by atoms with Crippen molar-refractivity contribution in [1.82, 2.24) is 4.90 Å². The van der Waals surface area contributed by atoms with Gasteiger partial charge in [0.25, 0.3) is 5.69 Å². The molecule has 0 saturated carbocycles. The van der Waals surface area contributed by atoms with Crippen LogP contribution in [0, 0.1) is 22.0 Å². The van der Waals surface area contributed by atoms with Crippen LogP contribution in [0.4, 0.5) is 11.4 Å². The second-order valence-electron chi connectivity index (χ2n) is 5.42. The third kappa shape index (κ3) is 1.95. The summed E-state index contributed by atoms with van der Waals surface area (Å²) < 4.78 is 0. The van der Waals surface area contributed by atoms with Gasteiger partial charge in [-0.1, -0.05) is 0 Å². The molecule has 0 spiro atoms. The highest BCUT2D eigenvalue weighted by atomic mass is 16.6. The molecule has 3 rings (SSSR count). The molecule has 0 amide bonds. The highest BCUT2D eigenvalue weighted by Crippen LogP contribution is 2.33. The fourth-order valence-corrected chi connectivity index (χ4v) is 3.22. The van der Waals surface area contributed by atoms with Gasteiger partial charge >= 0.3 is 0 Å². The third-order valence-electron chi connectivity index (χ3n) is 4.09. The van der Waals surface area contributed by atoms with Crippen LogP contribution < -0.4 is 4.90 Å². The van der Waals surface area contributed by atoms with Gasteiger partial charge in [-0.15, -0.1) is 0 Å². The molecule has 0 unspecified atom stereocenters. The number of likely N-dealkylation sites (tertiary alicyclic amines) is 1. The van der Waals surface area contributed by atoms with Crippen LogP contribution in [0.2, 0.25) is 0 Å². The van der Waals surface area contributed by atoms with Crippen LogP contribution in [0.5, 0.6) is 0 Å². The molecule has 5 nitrogen and oxygen atoms in total. The lowest BCUT2D eigenvalue weighted by molar-refractivity contribution is -0.384. The van der Waals surface area contributed by atoms with E-state index in [4.69, 9.17) is 0 Å². The lowest BCUT2D eigenvalue weighted by Crippen LogP contribution is -2.26. The van der Waals surface area contributed by atoms with Crippen LogP contribution in [0.1, 0.15) is 0 Å². The number of anilines is 1. The van der Waals surface area contributed by atoms with Crippen molar-refractivity contribution in [3.8, 4) is 0 Å². The molecule has 0 bridgehead atoms. The van der Waals surface area contributed by atoms with E-state index in [1.807, 2.05) is 12.1 Å². The van der Waals surface area contributed by atoms with Crippen molar-refractivity contribution in [2.45, 2.75) is 0 Å². The summed E-state index contributed by atoms with van der Waals surface area (Å²) in [6, 6.07) is 6.91. The highest BCUT2D eigenvalue weighted by molar-refractivity contribution is 5.51. The predicted molar refractivity (Wildman–Crippen MR) is 69.8 cm³/mol. The Morgan fingerprint density at radius 2 is 1.67 bits per heavy atom. The fourth-order valence-electron chi connectivity index (χ4n) is 3.22. The normalized spacial score (nSPS) is 27.5. The Labute approximate surface area is 106 Å². The molecule has 18 heavy (non-hydrogen) atoms. The smallest absolute Gasteiger partial charge is 0.269 e. The number of non-ortho nitro benzene ring substituents is 1. The molecular formula is C13H17N3O2. The van der Waals surface area contributed by atoms with Gasteiger partial charge in [0.2, 0.25) is 0 Å². The Hall–Kier alpha value is -1.62. The minimum absolute atomic E-state index is 0.165. The minimum atomic E-state index is -0.350. The van der Waals surface area contributed by atoms with E-state index >= 15 is 0 Å². The predicted octanol–water partition coefficient (Wildman–Crippen LogP) is 1.59. The molecule has 5 heteroatoms. The monoisotopic (exact) mass is 247 g/mol. The van der Waals surface area contributed by atoms with Gasteiger partial charge in [-0.25, -0.2) is 0 Å². The molecule has 2 heterocycles. The quantitative estimate of drug-likeness (QED) is 0.588. The number of nitro benzene ring substituents is 1. The first-order valence-corrected chi connectivity index (χ1v) is 6.31. The van der Waals surface area contributed by atoms with Crippen molar-refractivity contribution in [3.63, 3.8) is 0 Å². The molecule has 0 aromatic heterocycles. The SMILES string of the molecule is CN1C[C@H]2CN(c3ccc([N+](=O)[O-])cc3)C[C@@H]2C1. The van der Waals surface area contributed by atoms with Crippen LogP contribution in [0.3, 0.4) is 0 Å². The number of hydrogen-bond acceptors (Lipinski definition) is 4. The van der Waals surface area contributed by atoms with Crippen molar-refractivity contribution in [2.24, 2.45) is 11.8 Å². The molecule has 2 fully saturated rings. The van der Waals surface area contributed by atoms with Gasteiger partial charge in [0.15, 0.2) is 0 Å². The topological polar surface area (TPSA) is 49.6 Å². The summed E-state index contributed by atoms with van der Waals surface area (Å²) in [5.41, 5.74) is 1.27. The highest BCUT2D eigenvalue weighted by Gasteiger charge is 2.38. The first kappa shape index (κ1) is 11.5. The maximum absolute atomic E-state index is 10.6. The van der Waals surface area contributed by atoms with E-state index in [9.17, 15) is 10.1 Å². The van der Waals surface area contributed by atoms with E-state index in [2.05, 4.69) is 16.8 Å². The van der Waals surface area contributed by atoms with Gasteiger partial charge < -0.3 is 9.80 Å². The molecular weight excluding hydrogens is 230 g/mol. The van der Waals surface area contributed by atoms with Gasteiger partial charge in [-0.3, -0.25) is 10.1 Å². The molecule has 2 atom stereocenters. The Bertz CT molecular complexity index is 446. The first-order chi connectivity index (χ1) is 8.63. The van der Waals surface area contributed by atoms with Crippen LogP contribution in [0.15, 0.2) is 24.3 Å². The molecule has 1 aromatic rings. The first-order valence-electron chi connectivity index (χ1n) is 6.31. The molecule has 0 N–H and O–H groups in total. The molecule has 2 saturated heterocycles. The van der Waals surface area contributed by atoms with Gasteiger partial charge in [-0.2, -0.15) is 0 Å². The molecule has 0 aliphatic carbocycles. The average molecular weight is 247 g/mol. The molecule has 96 valence electrons. The zero-order chi connectivity index (χ0) is 12.7. The second kappa shape index (κ2) is 4.24. The number of hydrogen-bond donors (Lipinski definition) is 0. The van der Waals surface area contributed by atoms with Crippen LogP contribution in [-0.2, 0) is 0 Å². The van der Waals surface area contributed by atoms with E-state index in [1.54, 1.807) is 12.1 Å². The number of rotatable bonds is 2. The fraction of sp³-hybridized carbons (Fsp3) is 0.538. The summed E-state index contributed by atoms with van der Waals surface area (Å²) >= 11 is 0. The largest absolute Gasteiger partial charge is 0.371 e. The van der Waals surface area contributed by atoms with Gasteiger partial charge in [0, 0.05) is 44.0 Å². The summed E-state index contributed by atoms with van der Waals surface area (Å²) in [5, 5.41) is 10.6. The van der Waals surface area contributed by atoms with Crippen molar-refractivity contribution < 1.29 is 4.92 Å². The third-order valence-corrected chi connectivity index (χ3v) is 4.09. The number of benzene rings is 1. The summed E-state index contributed by atoms with van der Waals surface area (Å²) in [6.45, 7) is 4.50. The standard InChI is InChI=1S/C13H17N3O2/c1-14-6-10-8-15(9-11(10)7-14)12-2-4-13(5-3-12)16(17)18/h2-5,10-11H,6-9H2,1H3/t10-,11-/m0/s1. The maximum Gasteiger partial charge on any atom is 0.269 e. The number of nitro groups is 1. The van der Waals surface area contributed by atoms with Crippen LogP contribution in [0.25, 0.3) is 0 Å². The lowest BCUT2D eigenvalue weighted by atomic mass is 10.0. The van der Waals surface area contributed by atoms with Gasteiger partial charge in [0.1, 0.15) is 0 Å². The van der Waals surface area contributed by atoms with Gasteiger partial charge in [0.05, 0.1) is 4.92 Å². The van der Waals surface area contributed by atoms with Crippen LogP contribution >= 0.6 is 0 Å². The summed E-state index contributed by atoms with van der Waals surface area (Å²) in [7, 11) is 2.18. The van der Waals surface area contributed by atoms with Crippen molar-refractivity contribution in [3.05, 3.63) is 34.4 Å². The summed E-state index contributed by atoms with van der Waals surface area (Å²) in [5.74, 6) is 1.51. The molecule has 1 aromatic carbocycles. The average Bonchev–Trinajstić information content (AvgIpc) is 2.86. The zero-order valence-corrected chi connectivity index (χ0v) is 10.5. The maximum atomic E-state index is 10.6.